The lowest BCUT2D eigenvalue weighted by molar-refractivity contribution is -0.124. The molecule has 4 rings (SSSR count). The molecule has 37 heavy (non-hydrogen) atoms. The van der Waals surface area contributed by atoms with Crippen LogP contribution < -0.4 is 10.3 Å². The lowest BCUT2D eigenvalue weighted by Crippen LogP contribution is -2.46. The lowest BCUT2D eigenvalue weighted by atomic mass is 10.0. The van der Waals surface area contributed by atoms with E-state index in [-0.39, 0.29) is 18.5 Å². The highest BCUT2D eigenvalue weighted by atomic mass is 32.2. The maximum atomic E-state index is 13.1. The van der Waals surface area contributed by atoms with Crippen molar-refractivity contribution in [1.82, 2.24) is 14.5 Å². The van der Waals surface area contributed by atoms with Gasteiger partial charge < -0.3 is 19.3 Å². The number of sulfone groups is 1. The van der Waals surface area contributed by atoms with E-state index in [4.69, 9.17) is 4.74 Å². The van der Waals surface area contributed by atoms with Gasteiger partial charge in [0.1, 0.15) is 18.0 Å². The number of ether oxygens (including phenoxy) is 1. The Bertz CT molecular complexity index is 1450. The van der Waals surface area contributed by atoms with Gasteiger partial charge in [0.15, 0.2) is 15.6 Å². The minimum atomic E-state index is -3.79. The van der Waals surface area contributed by atoms with Gasteiger partial charge in [-0.25, -0.2) is 13.4 Å². The van der Waals surface area contributed by atoms with Gasteiger partial charge >= 0.3 is 0 Å². The highest BCUT2D eigenvalue weighted by Gasteiger charge is 2.42. The summed E-state index contributed by atoms with van der Waals surface area (Å²) in [7, 11) is -1.68. The van der Waals surface area contributed by atoms with Gasteiger partial charge in [-0.05, 0) is 68.4 Å². The van der Waals surface area contributed by atoms with Gasteiger partial charge in [-0.1, -0.05) is 6.07 Å². The van der Waals surface area contributed by atoms with Crippen molar-refractivity contribution in [1.29, 1.82) is 0 Å². The van der Waals surface area contributed by atoms with Gasteiger partial charge in [0.25, 0.3) is 5.56 Å². The molecule has 0 spiro atoms. The quantitative estimate of drug-likeness (QED) is 0.381. The fourth-order valence-electron chi connectivity index (χ4n) is 4.30. The molecule has 0 aliphatic heterocycles. The van der Waals surface area contributed by atoms with Crippen LogP contribution in [0.25, 0.3) is 21.9 Å². The number of aliphatic hydroxyl groups is 1. The number of carbonyl (C=O) groups is 1. The molecule has 1 aliphatic rings. The molecule has 1 aliphatic carbocycles. The average Bonchev–Trinajstić information content (AvgIpc) is 3.73. The third-order valence-electron chi connectivity index (χ3n) is 7.29. The Morgan fingerprint density at radius 2 is 1.95 bits per heavy atom. The van der Waals surface area contributed by atoms with E-state index in [2.05, 4.69) is 16.9 Å². The zero-order chi connectivity index (χ0) is 26.8. The molecule has 1 aromatic carbocycles. The van der Waals surface area contributed by atoms with Crippen molar-refractivity contribution in [3.05, 3.63) is 59.1 Å². The summed E-state index contributed by atoms with van der Waals surface area (Å²) >= 11 is 0. The first kappa shape index (κ1) is 27.0. The van der Waals surface area contributed by atoms with Crippen LogP contribution in [0.4, 0.5) is 0 Å². The van der Waals surface area contributed by atoms with Crippen molar-refractivity contribution < 1.29 is 23.1 Å². The topological polar surface area (TPSA) is 119 Å². The third-order valence-corrected chi connectivity index (χ3v) is 9.36. The maximum Gasteiger partial charge on any atom is 0.258 e. The zero-order valence-corrected chi connectivity index (χ0v) is 22.2. The number of carbonyl (C=O) groups excluding carboxylic acids is 1. The van der Waals surface area contributed by atoms with Crippen molar-refractivity contribution in [3.63, 3.8) is 0 Å². The molecule has 1 N–H and O–H groups in total. The molecule has 0 radical (unpaired) electrons. The van der Waals surface area contributed by atoms with Gasteiger partial charge in [0, 0.05) is 54.8 Å². The molecule has 198 valence electrons. The monoisotopic (exact) mass is 527 g/mol. The number of aliphatic hydroxyl groups excluding tert-OH is 1. The molecule has 0 unspecified atom stereocenters. The Balaban J connectivity index is 1.47. The molecule has 0 saturated heterocycles. The third kappa shape index (κ3) is 5.92. The molecule has 1 saturated carbocycles. The number of hydrogen-bond acceptors (Lipinski definition) is 8. The summed E-state index contributed by atoms with van der Waals surface area (Å²) in [6, 6.07) is 11.7. The first-order valence-electron chi connectivity index (χ1n) is 12.3. The summed E-state index contributed by atoms with van der Waals surface area (Å²) in [4.78, 5) is 31.9. The molecule has 2 heterocycles. The second-order valence-corrected chi connectivity index (χ2v) is 12.3. The summed E-state index contributed by atoms with van der Waals surface area (Å²) in [5, 5.41) is 10.5. The molecule has 9 nitrogen and oxygen atoms in total. The minimum Gasteiger partial charge on any atom is -0.476 e. The molecule has 3 aromatic rings. The first-order valence-corrected chi connectivity index (χ1v) is 14.2. The van der Waals surface area contributed by atoms with Gasteiger partial charge in [0.05, 0.1) is 0 Å². The van der Waals surface area contributed by atoms with E-state index in [1.54, 1.807) is 24.5 Å². The van der Waals surface area contributed by atoms with Gasteiger partial charge in [-0.2, -0.15) is 0 Å². The highest BCUT2D eigenvalue weighted by Crippen LogP contribution is 2.26. The van der Waals surface area contributed by atoms with Crippen LogP contribution in [0.3, 0.4) is 0 Å². The predicted octanol–water partition coefficient (Wildman–Crippen LogP) is 2.29. The van der Waals surface area contributed by atoms with E-state index in [0.717, 1.165) is 29.3 Å². The zero-order valence-electron chi connectivity index (χ0n) is 21.4. The summed E-state index contributed by atoms with van der Waals surface area (Å²) in [5.41, 5.74) is 1.50. The van der Waals surface area contributed by atoms with E-state index in [1.165, 1.54) is 24.3 Å². The lowest BCUT2D eigenvalue weighted by Gasteiger charge is -2.25. The standard InChI is InChI=1S/C27H33N3O6S/c1-27(24(32)18-31,37(3,34)35)11-13-30-12-10-20-16-19(4-8-23(20)26(30)33)21-5-9-25(28-17-21)36-15-14-29(2)22-6-7-22/h4-5,8-10,12,16-17,22,31H,6-7,11,13-15,18H2,1-3H3/t27-/m1/s1. The largest absolute Gasteiger partial charge is 0.476 e. The van der Waals surface area contributed by atoms with Crippen LogP contribution in [0, 0.1) is 0 Å². The van der Waals surface area contributed by atoms with Crippen LogP contribution in [0.5, 0.6) is 5.88 Å². The molecule has 1 atom stereocenters. The normalized spacial score (nSPS) is 15.6. The number of Topliss-reactive ketones (excluding diaryl/α,β-unsaturated/α-hetero) is 1. The van der Waals surface area contributed by atoms with Crippen LogP contribution in [-0.4, -0.2) is 77.6 Å². The fourth-order valence-corrected chi connectivity index (χ4v) is 5.25. The van der Waals surface area contributed by atoms with Gasteiger partial charge in [0.2, 0.25) is 5.88 Å². The number of benzene rings is 1. The number of aryl methyl sites for hydroxylation is 1. The molecular weight excluding hydrogens is 494 g/mol. The summed E-state index contributed by atoms with van der Waals surface area (Å²) in [6.45, 7) is 1.88. The van der Waals surface area contributed by atoms with Crippen molar-refractivity contribution in [2.75, 3.05) is 33.1 Å². The average molecular weight is 528 g/mol. The summed E-state index contributed by atoms with van der Waals surface area (Å²) < 4.78 is 29.9. The summed E-state index contributed by atoms with van der Waals surface area (Å²) in [6.07, 6.45) is 6.70. The number of rotatable bonds is 12. The van der Waals surface area contributed by atoms with E-state index < -0.39 is 27.0 Å². The van der Waals surface area contributed by atoms with E-state index in [1.807, 2.05) is 24.3 Å². The number of nitrogens with zero attached hydrogens (tertiary/aromatic N) is 3. The van der Waals surface area contributed by atoms with Crippen LogP contribution in [0.2, 0.25) is 0 Å². The number of likely N-dealkylation sites (N-methyl/N-ethyl adjacent to an activating group) is 1. The maximum absolute atomic E-state index is 13.1. The van der Waals surface area contributed by atoms with E-state index in [0.29, 0.717) is 23.9 Å². The van der Waals surface area contributed by atoms with Gasteiger partial charge in [-0.3, -0.25) is 9.59 Å². The smallest absolute Gasteiger partial charge is 0.258 e. The van der Waals surface area contributed by atoms with Crippen LogP contribution in [0.1, 0.15) is 26.2 Å². The number of ketones is 1. The Kier molecular flexibility index (Phi) is 7.82. The van der Waals surface area contributed by atoms with Crippen molar-refractivity contribution in [2.45, 2.75) is 43.5 Å². The minimum absolute atomic E-state index is 0.0215. The first-order chi connectivity index (χ1) is 17.5. The molecule has 1 fully saturated rings. The molecule has 0 amide bonds. The molecule has 2 aromatic heterocycles. The van der Waals surface area contributed by atoms with Crippen molar-refractivity contribution >= 4 is 26.4 Å². The predicted molar refractivity (Wildman–Crippen MR) is 143 cm³/mol. The highest BCUT2D eigenvalue weighted by molar-refractivity contribution is 7.92. The van der Waals surface area contributed by atoms with E-state index in [9.17, 15) is 23.1 Å². The summed E-state index contributed by atoms with van der Waals surface area (Å²) in [5.74, 6) is -0.221. The number of hydrogen-bond donors (Lipinski definition) is 1. The van der Waals surface area contributed by atoms with Crippen molar-refractivity contribution in [2.24, 2.45) is 0 Å². The van der Waals surface area contributed by atoms with E-state index >= 15 is 0 Å². The Morgan fingerprint density at radius 1 is 1.22 bits per heavy atom. The van der Waals surface area contributed by atoms with Crippen molar-refractivity contribution in [3.8, 4) is 17.0 Å². The second kappa shape index (κ2) is 10.7. The van der Waals surface area contributed by atoms with Crippen LogP contribution in [-0.2, 0) is 21.2 Å². The Labute approximate surface area is 216 Å². The molecular formula is C27H33N3O6S. The SMILES string of the molecule is CN(CCOc1ccc(-c2ccc3c(=O)n(CC[C@](C)(C(=O)CO)S(C)(=O)=O)ccc3c2)cn1)C1CC1. The molecule has 10 heteroatoms. The second-order valence-electron chi connectivity index (χ2n) is 9.90. The Hall–Kier alpha value is -3.08. The number of pyridine rings is 2. The molecule has 0 bridgehead atoms. The Morgan fingerprint density at radius 3 is 2.57 bits per heavy atom. The number of fused-ring (bicyclic) bond motifs is 1. The number of aromatic nitrogens is 2. The van der Waals surface area contributed by atoms with Gasteiger partial charge in [-0.15, -0.1) is 0 Å². The fraction of sp³-hybridized carbons (Fsp3) is 0.444. The van der Waals surface area contributed by atoms with Crippen LogP contribution >= 0.6 is 0 Å². The van der Waals surface area contributed by atoms with Crippen LogP contribution in [0.15, 0.2) is 53.6 Å².